The molecule has 6 nitrogen and oxygen atoms in total. The molecule has 1 heterocycles. The Kier molecular flexibility index (Phi) is 5.64. The molecule has 0 aliphatic carbocycles. The fourth-order valence-electron chi connectivity index (χ4n) is 3.82. The quantitative estimate of drug-likeness (QED) is 0.365. The summed E-state index contributed by atoms with van der Waals surface area (Å²) >= 11 is 0. The van der Waals surface area contributed by atoms with Gasteiger partial charge in [-0.3, -0.25) is 14.5 Å². The lowest BCUT2D eigenvalue weighted by Gasteiger charge is -2.25. The highest BCUT2D eigenvalue weighted by Gasteiger charge is 2.48. The Labute approximate surface area is 184 Å². The summed E-state index contributed by atoms with van der Waals surface area (Å²) in [5.41, 5.74) is 0.397. The van der Waals surface area contributed by atoms with E-state index in [1.165, 1.54) is 43.4 Å². The molecule has 7 heteroatoms. The van der Waals surface area contributed by atoms with Gasteiger partial charge in [-0.2, -0.15) is 0 Å². The van der Waals surface area contributed by atoms with Gasteiger partial charge in [-0.15, -0.1) is 0 Å². The summed E-state index contributed by atoms with van der Waals surface area (Å²) in [5, 5.41) is 11.2. The van der Waals surface area contributed by atoms with Crippen molar-refractivity contribution in [1.29, 1.82) is 0 Å². The zero-order chi connectivity index (χ0) is 22.8. The van der Waals surface area contributed by atoms with Crippen molar-refractivity contribution < 1.29 is 28.6 Å². The van der Waals surface area contributed by atoms with E-state index in [-0.39, 0.29) is 22.4 Å². The second-order valence-corrected chi connectivity index (χ2v) is 7.09. The van der Waals surface area contributed by atoms with Crippen LogP contribution in [0.2, 0.25) is 0 Å². The molecule has 1 saturated heterocycles. The van der Waals surface area contributed by atoms with Gasteiger partial charge in [-0.1, -0.05) is 36.4 Å². The van der Waals surface area contributed by atoms with E-state index < -0.39 is 29.3 Å². The minimum Gasteiger partial charge on any atom is -0.507 e. The number of Topliss-reactive ketones (excluding diaryl/α,β-unsaturated/α-hetero) is 1. The largest absolute Gasteiger partial charge is 0.507 e. The Hall–Kier alpha value is -4.13. The topological polar surface area (TPSA) is 76.1 Å². The maximum atomic E-state index is 14.9. The van der Waals surface area contributed by atoms with E-state index >= 15 is 0 Å². The van der Waals surface area contributed by atoms with Gasteiger partial charge in [0.2, 0.25) is 0 Å². The number of hydrogen-bond donors (Lipinski definition) is 1. The standard InChI is InChI=1S/C25H20FNO5/c1-31-16-12-13-20(32-2)18(14-16)23(28)21-22(17-10-6-7-11-19(17)26)27(25(30)24(21)29)15-8-4-3-5-9-15/h3-14,22,28H,1-2H3/b23-21+. The van der Waals surface area contributed by atoms with Crippen molar-refractivity contribution >= 4 is 23.1 Å². The number of aliphatic hydroxyl groups is 1. The van der Waals surface area contributed by atoms with Crippen LogP contribution >= 0.6 is 0 Å². The van der Waals surface area contributed by atoms with Crippen LogP contribution in [0.1, 0.15) is 17.2 Å². The molecule has 0 aromatic heterocycles. The number of methoxy groups -OCH3 is 2. The predicted molar refractivity (Wildman–Crippen MR) is 117 cm³/mol. The molecule has 1 amide bonds. The highest BCUT2D eigenvalue weighted by molar-refractivity contribution is 6.51. The molecular formula is C25H20FNO5. The maximum absolute atomic E-state index is 14.9. The fraction of sp³-hybridized carbons (Fsp3) is 0.120. The number of benzene rings is 3. The van der Waals surface area contributed by atoms with Crippen molar-refractivity contribution in [1.82, 2.24) is 0 Å². The van der Waals surface area contributed by atoms with Gasteiger partial charge in [0.15, 0.2) is 0 Å². The van der Waals surface area contributed by atoms with Gasteiger partial charge in [0.05, 0.1) is 31.4 Å². The van der Waals surface area contributed by atoms with Crippen LogP contribution in [0, 0.1) is 5.82 Å². The minimum absolute atomic E-state index is 0.0824. The number of anilines is 1. The van der Waals surface area contributed by atoms with Crippen LogP contribution in [0.15, 0.2) is 78.4 Å². The summed E-state index contributed by atoms with van der Waals surface area (Å²) in [5.74, 6) is -2.21. The monoisotopic (exact) mass is 433 g/mol. The molecule has 0 saturated carbocycles. The molecule has 3 aromatic rings. The van der Waals surface area contributed by atoms with Crippen LogP contribution < -0.4 is 14.4 Å². The first kappa shape index (κ1) is 21.1. The second kappa shape index (κ2) is 8.55. The first-order valence-corrected chi connectivity index (χ1v) is 9.80. The third kappa shape index (κ3) is 3.47. The summed E-state index contributed by atoms with van der Waals surface area (Å²) in [6, 6.07) is 17.8. The lowest BCUT2D eigenvalue weighted by Crippen LogP contribution is -2.29. The third-order valence-electron chi connectivity index (χ3n) is 5.34. The molecule has 0 radical (unpaired) electrons. The maximum Gasteiger partial charge on any atom is 0.300 e. The zero-order valence-electron chi connectivity index (χ0n) is 17.4. The van der Waals surface area contributed by atoms with Crippen molar-refractivity contribution in [2.45, 2.75) is 6.04 Å². The molecule has 4 rings (SSSR count). The fourth-order valence-corrected chi connectivity index (χ4v) is 3.82. The summed E-state index contributed by atoms with van der Waals surface area (Å²) < 4.78 is 25.4. The van der Waals surface area contributed by atoms with E-state index in [1.807, 2.05) is 0 Å². The van der Waals surface area contributed by atoms with Crippen LogP contribution in [0.25, 0.3) is 5.76 Å². The van der Waals surface area contributed by atoms with E-state index in [0.29, 0.717) is 11.4 Å². The number of halogens is 1. The van der Waals surface area contributed by atoms with Crippen molar-refractivity contribution in [3.8, 4) is 11.5 Å². The highest BCUT2D eigenvalue weighted by Crippen LogP contribution is 2.44. The first-order chi connectivity index (χ1) is 15.5. The van der Waals surface area contributed by atoms with Gasteiger partial charge in [-0.25, -0.2) is 4.39 Å². The molecule has 0 spiro atoms. The van der Waals surface area contributed by atoms with Crippen LogP contribution in [-0.2, 0) is 9.59 Å². The first-order valence-electron chi connectivity index (χ1n) is 9.80. The molecule has 162 valence electrons. The Bertz CT molecular complexity index is 1220. The third-order valence-corrected chi connectivity index (χ3v) is 5.34. The summed E-state index contributed by atoms with van der Waals surface area (Å²) in [4.78, 5) is 27.4. The number of carbonyl (C=O) groups is 2. The number of rotatable bonds is 5. The Morgan fingerprint density at radius 1 is 0.938 bits per heavy atom. The molecule has 32 heavy (non-hydrogen) atoms. The number of ether oxygens (including phenoxy) is 2. The van der Waals surface area contributed by atoms with E-state index in [9.17, 15) is 19.1 Å². The molecule has 0 bridgehead atoms. The second-order valence-electron chi connectivity index (χ2n) is 7.09. The van der Waals surface area contributed by atoms with Gasteiger partial charge in [0.1, 0.15) is 23.1 Å². The average Bonchev–Trinajstić information content (AvgIpc) is 3.09. The Morgan fingerprint density at radius 2 is 1.62 bits per heavy atom. The van der Waals surface area contributed by atoms with Crippen molar-refractivity contribution in [2.24, 2.45) is 0 Å². The summed E-state index contributed by atoms with van der Waals surface area (Å²) in [6.07, 6.45) is 0. The van der Waals surface area contributed by atoms with Gasteiger partial charge in [0.25, 0.3) is 11.7 Å². The number of amides is 1. The van der Waals surface area contributed by atoms with Crippen LogP contribution in [0.3, 0.4) is 0 Å². The normalized spacial score (nSPS) is 17.5. The Morgan fingerprint density at radius 3 is 2.28 bits per heavy atom. The highest BCUT2D eigenvalue weighted by atomic mass is 19.1. The van der Waals surface area contributed by atoms with Crippen molar-refractivity contribution in [2.75, 3.05) is 19.1 Å². The molecule has 1 fully saturated rings. The lowest BCUT2D eigenvalue weighted by atomic mass is 9.94. The average molecular weight is 433 g/mol. The number of nitrogens with zero attached hydrogens (tertiary/aromatic N) is 1. The molecular weight excluding hydrogens is 413 g/mol. The predicted octanol–water partition coefficient (Wildman–Crippen LogP) is 4.47. The van der Waals surface area contributed by atoms with E-state index in [0.717, 1.165) is 0 Å². The van der Waals surface area contributed by atoms with Crippen LogP contribution in [0.4, 0.5) is 10.1 Å². The summed E-state index contributed by atoms with van der Waals surface area (Å²) in [7, 11) is 2.87. The molecule has 1 unspecified atom stereocenters. The lowest BCUT2D eigenvalue weighted by molar-refractivity contribution is -0.132. The van der Waals surface area contributed by atoms with Gasteiger partial charge < -0.3 is 14.6 Å². The number of carbonyl (C=O) groups excluding carboxylic acids is 2. The van der Waals surface area contributed by atoms with Gasteiger partial charge in [-0.05, 0) is 36.4 Å². The Balaban J connectivity index is 2.01. The van der Waals surface area contributed by atoms with Crippen LogP contribution in [-0.4, -0.2) is 31.0 Å². The van der Waals surface area contributed by atoms with Gasteiger partial charge >= 0.3 is 0 Å². The van der Waals surface area contributed by atoms with E-state index in [1.54, 1.807) is 48.5 Å². The number of hydrogen-bond acceptors (Lipinski definition) is 5. The molecule has 1 aliphatic rings. The molecule has 3 aromatic carbocycles. The summed E-state index contributed by atoms with van der Waals surface area (Å²) in [6.45, 7) is 0. The molecule has 1 atom stereocenters. The molecule has 1 N–H and O–H groups in total. The van der Waals surface area contributed by atoms with Crippen molar-refractivity contribution in [3.05, 3.63) is 95.3 Å². The van der Waals surface area contributed by atoms with Gasteiger partial charge in [0, 0.05) is 11.3 Å². The number of ketones is 1. The molecule has 1 aliphatic heterocycles. The van der Waals surface area contributed by atoms with Crippen LogP contribution in [0.5, 0.6) is 11.5 Å². The minimum atomic E-state index is -1.17. The SMILES string of the molecule is COc1ccc(OC)c(/C(O)=C2\C(=O)C(=O)N(c3ccccc3)C2c2ccccc2F)c1. The number of para-hydroxylation sites is 1. The smallest absolute Gasteiger partial charge is 0.300 e. The number of aliphatic hydroxyl groups excluding tert-OH is 1. The zero-order valence-corrected chi connectivity index (χ0v) is 17.4. The van der Waals surface area contributed by atoms with E-state index in [4.69, 9.17) is 9.47 Å². The van der Waals surface area contributed by atoms with Crippen molar-refractivity contribution in [3.63, 3.8) is 0 Å². The van der Waals surface area contributed by atoms with E-state index in [2.05, 4.69) is 0 Å².